The molecule has 21 heavy (non-hydrogen) atoms. The summed E-state index contributed by atoms with van der Waals surface area (Å²) in [6.45, 7) is 6.99. The molecule has 4 nitrogen and oxygen atoms in total. The van der Waals surface area contributed by atoms with Gasteiger partial charge in [0.25, 0.3) is 0 Å². The highest BCUT2D eigenvalue weighted by Gasteiger charge is 2.01. The Morgan fingerprint density at radius 2 is 1.86 bits per heavy atom. The summed E-state index contributed by atoms with van der Waals surface area (Å²) in [5, 5.41) is 7.95. The number of nitrogens with zero attached hydrogens (tertiary/aromatic N) is 2. The number of nitrogens with one attached hydrogen (secondary N) is 1. The minimum atomic E-state index is 0. The molecular weight excluding hydrogens is 286 g/mol. The van der Waals surface area contributed by atoms with E-state index in [0.29, 0.717) is 5.92 Å². The molecule has 116 valence electrons. The summed E-state index contributed by atoms with van der Waals surface area (Å²) in [5.41, 5.74) is 2.33. The molecule has 0 saturated heterocycles. The Kier molecular flexibility index (Phi) is 7.26. The van der Waals surface area contributed by atoms with E-state index in [1.54, 1.807) is 7.11 Å². The molecule has 1 aromatic carbocycles. The summed E-state index contributed by atoms with van der Waals surface area (Å²) in [4.78, 5) is 0. The van der Waals surface area contributed by atoms with Crippen LogP contribution in [0.3, 0.4) is 0 Å². The van der Waals surface area contributed by atoms with Gasteiger partial charge in [-0.1, -0.05) is 26.0 Å². The third-order valence-corrected chi connectivity index (χ3v) is 3.04. The predicted octanol–water partition coefficient (Wildman–Crippen LogP) is 3.26. The van der Waals surface area contributed by atoms with Gasteiger partial charge in [0.05, 0.1) is 12.8 Å². The quantitative estimate of drug-likeness (QED) is 0.853. The molecule has 1 aromatic heterocycles. The summed E-state index contributed by atoms with van der Waals surface area (Å²) in [6, 6.07) is 10.2. The van der Waals surface area contributed by atoms with Crippen LogP contribution in [0.1, 0.15) is 25.1 Å². The predicted molar refractivity (Wildman–Crippen MR) is 87.9 cm³/mol. The molecule has 0 radical (unpaired) electrons. The Bertz CT molecular complexity index is 523. The van der Waals surface area contributed by atoms with Crippen LogP contribution >= 0.6 is 12.4 Å². The van der Waals surface area contributed by atoms with Crippen LogP contribution in [0.25, 0.3) is 0 Å². The lowest BCUT2D eigenvalue weighted by atomic mass is 10.2. The van der Waals surface area contributed by atoms with Crippen molar-refractivity contribution in [1.29, 1.82) is 0 Å². The molecule has 0 amide bonds. The van der Waals surface area contributed by atoms with Gasteiger partial charge in [0.1, 0.15) is 5.75 Å². The first kappa shape index (κ1) is 17.5. The van der Waals surface area contributed by atoms with Crippen LogP contribution in [0.2, 0.25) is 0 Å². The van der Waals surface area contributed by atoms with Crippen LogP contribution in [0, 0.1) is 5.92 Å². The molecule has 0 fully saturated rings. The number of rotatable bonds is 7. The van der Waals surface area contributed by atoms with Gasteiger partial charge in [-0.25, -0.2) is 0 Å². The molecule has 0 aliphatic carbocycles. The molecule has 0 saturated carbocycles. The largest absolute Gasteiger partial charge is 0.497 e. The molecule has 1 heterocycles. The lowest BCUT2D eigenvalue weighted by molar-refractivity contribution is 0.414. The van der Waals surface area contributed by atoms with E-state index < -0.39 is 0 Å². The van der Waals surface area contributed by atoms with Crippen molar-refractivity contribution in [2.75, 3.05) is 7.11 Å². The fraction of sp³-hybridized carbons (Fsp3) is 0.438. The number of hydrogen-bond donors (Lipinski definition) is 1. The summed E-state index contributed by atoms with van der Waals surface area (Å²) in [6.07, 6.45) is 2.05. The molecular formula is C16H24ClN3O. The highest BCUT2D eigenvalue weighted by Crippen LogP contribution is 2.11. The Morgan fingerprint density at radius 3 is 2.48 bits per heavy atom. The van der Waals surface area contributed by atoms with E-state index in [2.05, 4.69) is 42.5 Å². The maximum Gasteiger partial charge on any atom is 0.118 e. The van der Waals surface area contributed by atoms with Gasteiger partial charge in [0, 0.05) is 25.8 Å². The minimum absolute atomic E-state index is 0. The van der Waals surface area contributed by atoms with Gasteiger partial charge in [0.15, 0.2) is 0 Å². The molecule has 0 spiro atoms. The van der Waals surface area contributed by atoms with Gasteiger partial charge < -0.3 is 10.1 Å². The average molecular weight is 310 g/mol. The van der Waals surface area contributed by atoms with Crippen molar-refractivity contribution in [2.24, 2.45) is 5.92 Å². The zero-order chi connectivity index (χ0) is 14.4. The van der Waals surface area contributed by atoms with Crippen LogP contribution in [0.5, 0.6) is 5.75 Å². The molecule has 2 rings (SSSR count). The van der Waals surface area contributed by atoms with Crippen molar-refractivity contribution in [2.45, 2.75) is 33.5 Å². The van der Waals surface area contributed by atoms with Gasteiger partial charge >= 0.3 is 0 Å². The highest BCUT2D eigenvalue weighted by molar-refractivity contribution is 5.85. The van der Waals surface area contributed by atoms with Crippen molar-refractivity contribution in [3.05, 3.63) is 47.8 Å². The van der Waals surface area contributed by atoms with E-state index in [1.807, 2.05) is 23.0 Å². The van der Waals surface area contributed by atoms with E-state index in [9.17, 15) is 0 Å². The van der Waals surface area contributed by atoms with Crippen molar-refractivity contribution in [3.63, 3.8) is 0 Å². The van der Waals surface area contributed by atoms with Crippen molar-refractivity contribution in [3.8, 4) is 5.75 Å². The van der Waals surface area contributed by atoms with Crippen LogP contribution in [0.15, 0.2) is 36.5 Å². The normalized spacial score (nSPS) is 10.5. The standard InChI is InChI=1S/C16H23N3O.ClH/c1-13(2)12-19-9-8-15(18-19)11-17-10-14-4-6-16(20-3)7-5-14;/h4-9,13,17H,10-12H2,1-3H3;1H. The number of benzene rings is 1. The summed E-state index contributed by atoms with van der Waals surface area (Å²) in [5.74, 6) is 1.51. The zero-order valence-electron chi connectivity index (χ0n) is 12.9. The zero-order valence-corrected chi connectivity index (χ0v) is 13.7. The fourth-order valence-electron chi connectivity index (χ4n) is 2.05. The second kappa shape index (κ2) is 8.70. The lowest BCUT2D eigenvalue weighted by Gasteiger charge is -2.05. The molecule has 0 bridgehead atoms. The topological polar surface area (TPSA) is 39.1 Å². The first-order valence-electron chi connectivity index (χ1n) is 7.03. The van der Waals surface area contributed by atoms with E-state index in [0.717, 1.165) is 31.1 Å². The van der Waals surface area contributed by atoms with Crippen LogP contribution in [-0.2, 0) is 19.6 Å². The summed E-state index contributed by atoms with van der Waals surface area (Å²) < 4.78 is 7.15. The lowest BCUT2D eigenvalue weighted by Crippen LogP contribution is -2.14. The maximum atomic E-state index is 5.14. The number of methoxy groups -OCH3 is 1. The van der Waals surface area contributed by atoms with E-state index in [4.69, 9.17) is 4.74 Å². The Morgan fingerprint density at radius 1 is 1.14 bits per heavy atom. The van der Waals surface area contributed by atoms with Gasteiger partial charge in [0.2, 0.25) is 0 Å². The smallest absolute Gasteiger partial charge is 0.118 e. The number of ether oxygens (including phenoxy) is 1. The van der Waals surface area contributed by atoms with Crippen molar-refractivity contribution >= 4 is 12.4 Å². The van der Waals surface area contributed by atoms with Crippen LogP contribution in [-0.4, -0.2) is 16.9 Å². The number of halogens is 1. The first-order chi connectivity index (χ1) is 9.67. The molecule has 0 aliphatic heterocycles. The maximum absolute atomic E-state index is 5.14. The second-order valence-corrected chi connectivity index (χ2v) is 5.37. The highest BCUT2D eigenvalue weighted by atomic mass is 35.5. The second-order valence-electron chi connectivity index (χ2n) is 5.37. The molecule has 0 aliphatic rings. The third kappa shape index (κ3) is 5.78. The average Bonchev–Trinajstić information content (AvgIpc) is 2.86. The van der Waals surface area contributed by atoms with E-state index in [-0.39, 0.29) is 12.4 Å². The summed E-state index contributed by atoms with van der Waals surface area (Å²) >= 11 is 0. The van der Waals surface area contributed by atoms with Crippen LogP contribution in [0.4, 0.5) is 0 Å². The molecule has 1 N–H and O–H groups in total. The van der Waals surface area contributed by atoms with E-state index >= 15 is 0 Å². The van der Waals surface area contributed by atoms with Crippen molar-refractivity contribution < 1.29 is 4.74 Å². The van der Waals surface area contributed by atoms with Crippen molar-refractivity contribution in [1.82, 2.24) is 15.1 Å². The summed E-state index contributed by atoms with van der Waals surface area (Å²) in [7, 11) is 1.68. The van der Waals surface area contributed by atoms with E-state index in [1.165, 1.54) is 5.56 Å². The van der Waals surface area contributed by atoms with Gasteiger partial charge in [-0.3, -0.25) is 4.68 Å². The molecule has 0 atom stereocenters. The number of hydrogen-bond acceptors (Lipinski definition) is 3. The van der Waals surface area contributed by atoms with Gasteiger partial charge in [-0.15, -0.1) is 12.4 Å². The minimum Gasteiger partial charge on any atom is -0.497 e. The Balaban J connectivity index is 0.00000220. The SMILES string of the molecule is COc1ccc(CNCc2ccn(CC(C)C)n2)cc1.Cl. The molecule has 5 heteroatoms. The van der Waals surface area contributed by atoms with Crippen LogP contribution < -0.4 is 10.1 Å². The third-order valence-electron chi connectivity index (χ3n) is 3.04. The monoisotopic (exact) mass is 309 g/mol. The first-order valence-corrected chi connectivity index (χ1v) is 7.03. The molecule has 0 unspecified atom stereocenters. The Hall–Kier alpha value is -1.52. The molecule has 2 aromatic rings. The fourth-order valence-corrected chi connectivity index (χ4v) is 2.05. The van der Waals surface area contributed by atoms with Gasteiger partial charge in [-0.2, -0.15) is 5.10 Å². The van der Waals surface area contributed by atoms with Gasteiger partial charge in [-0.05, 0) is 29.7 Å². The number of aromatic nitrogens is 2. The Labute approximate surface area is 132 Å².